The molecule has 2 nitrogen and oxygen atoms in total. The maximum Gasteiger partial charge on any atom is 0.166 e. The van der Waals surface area contributed by atoms with Crippen molar-refractivity contribution in [2.45, 2.75) is 105 Å². The van der Waals surface area contributed by atoms with Gasteiger partial charge in [0.25, 0.3) is 0 Å². The van der Waals surface area contributed by atoms with Crippen molar-refractivity contribution in [2.24, 2.45) is 11.8 Å². The summed E-state index contributed by atoms with van der Waals surface area (Å²) in [5.41, 5.74) is 1.52. The van der Waals surface area contributed by atoms with E-state index < -0.39 is 0 Å². The van der Waals surface area contributed by atoms with E-state index in [0.717, 1.165) is 31.3 Å². The third kappa shape index (κ3) is 9.52. The van der Waals surface area contributed by atoms with E-state index in [2.05, 4.69) is 47.6 Å². The fourth-order valence-electron chi connectivity index (χ4n) is 3.35. The van der Waals surface area contributed by atoms with Gasteiger partial charge in [-0.2, -0.15) is 0 Å². The lowest BCUT2D eigenvalue weighted by atomic mass is 9.94. The number of hydrogen-bond donors (Lipinski definition) is 0. The zero-order chi connectivity index (χ0) is 17.3. The lowest BCUT2D eigenvalue weighted by Crippen LogP contribution is -2.25. The molecule has 1 rings (SSSR count). The van der Waals surface area contributed by atoms with Crippen molar-refractivity contribution in [3.8, 4) is 0 Å². The minimum atomic E-state index is -0.360. The van der Waals surface area contributed by atoms with Crippen LogP contribution in [0.4, 0.5) is 0 Å². The van der Waals surface area contributed by atoms with Crippen LogP contribution in [0.3, 0.4) is 0 Å². The van der Waals surface area contributed by atoms with Crippen LogP contribution in [0.15, 0.2) is 11.6 Å². The van der Waals surface area contributed by atoms with Gasteiger partial charge < -0.3 is 9.47 Å². The van der Waals surface area contributed by atoms with Crippen molar-refractivity contribution in [2.75, 3.05) is 6.61 Å². The molecule has 1 aliphatic rings. The first-order valence-corrected chi connectivity index (χ1v) is 9.78. The average molecular weight is 325 g/mol. The molecule has 136 valence electrons. The van der Waals surface area contributed by atoms with Crippen molar-refractivity contribution in [1.82, 2.24) is 0 Å². The Morgan fingerprint density at radius 2 is 1.87 bits per heavy atom. The van der Waals surface area contributed by atoms with Crippen molar-refractivity contribution >= 4 is 0 Å². The monoisotopic (exact) mass is 324 g/mol. The normalized spacial score (nSPS) is 26.9. The SMILES string of the molecule is C/C(=C\CCC1(C)OCC(C)O1)CCCC(C)CCCC(C)C. The third-order valence-electron chi connectivity index (χ3n) is 4.91. The lowest BCUT2D eigenvalue weighted by Gasteiger charge is -2.22. The van der Waals surface area contributed by atoms with Crippen molar-refractivity contribution in [1.29, 1.82) is 0 Å². The van der Waals surface area contributed by atoms with E-state index in [1.807, 2.05) is 0 Å². The smallest absolute Gasteiger partial charge is 0.166 e. The average Bonchev–Trinajstić information content (AvgIpc) is 2.78. The Morgan fingerprint density at radius 1 is 1.17 bits per heavy atom. The van der Waals surface area contributed by atoms with Gasteiger partial charge in [-0.15, -0.1) is 0 Å². The van der Waals surface area contributed by atoms with Crippen molar-refractivity contribution in [3.63, 3.8) is 0 Å². The summed E-state index contributed by atoms with van der Waals surface area (Å²) < 4.78 is 11.6. The summed E-state index contributed by atoms with van der Waals surface area (Å²) in [6.45, 7) is 14.2. The van der Waals surface area contributed by atoms with Gasteiger partial charge in [-0.1, -0.05) is 58.1 Å². The van der Waals surface area contributed by atoms with E-state index in [-0.39, 0.29) is 11.9 Å². The first-order chi connectivity index (χ1) is 10.8. The summed E-state index contributed by atoms with van der Waals surface area (Å²) in [5, 5.41) is 0. The highest BCUT2D eigenvalue weighted by atomic mass is 16.7. The van der Waals surface area contributed by atoms with Crippen LogP contribution >= 0.6 is 0 Å². The Bertz CT molecular complexity index is 348. The Hall–Kier alpha value is -0.340. The molecule has 3 atom stereocenters. The summed E-state index contributed by atoms with van der Waals surface area (Å²) in [5.74, 6) is 1.37. The van der Waals surface area contributed by atoms with E-state index in [1.54, 1.807) is 0 Å². The first-order valence-electron chi connectivity index (χ1n) is 9.78. The molecule has 23 heavy (non-hydrogen) atoms. The van der Waals surface area contributed by atoms with Crippen LogP contribution in [0.25, 0.3) is 0 Å². The van der Waals surface area contributed by atoms with Gasteiger partial charge in [0, 0.05) is 6.42 Å². The van der Waals surface area contributed by atoms with Gasteiger partial charge in [-0.25, -0.2) is 0 Å². The molecule has 0 saturated carbocycles. The molecule has 0 N–H and O–H groups in total. The fraction of sp³-hybridized carbons (Fsp3) is 0.905. The zero-order valence-electron chi connectivity index (χ0n) is 16.5. The molecule has 0 aliphatic carbocycles. The maximum atomic E-state index is 5.85. The van der Waals surface area contributed by atoms with E-state index in [0.29, 0.717) is 0 Å². The molecule has 0 amide bonds. The molecule has 0 spiro atoms. The molecule has 1 heterocycles. The Morgan fingerprint density at radius 3 is 2.48 bits per heavy atom. The molecule has 0 radical (unpaired) electrons. The molecule has 2 heteroatoms. The molecule has 1 fully saturated rings. The Kier molecular flexibility index (Phi) is 9.46. The lowest BCUT2D eigenvalue weighted by molar-refractivity contribution is -0.155. The molecule has 1 saturated heterocycles. The van der Waals surface area contributed by atoms with Crippen molar-refractivity contribution < 1.29 is 9.47 Å². The summed E-state index contributed by atoms with van der Waals surface area (Å²) in [4.78, 5) is 0. The molecule has 0 bridgehead atoms. The van der Waals surface area contributed by atoms with Gasteiger partial charge >= 0.3 is 0 Å². The second-order valence-electron chi connectivity index (χ2n) is 8.28. The van der Waals surface area contributed by atoms with Gasteiger partial charge in [0.1, 0.15) is 0 Å². The number of allylic oxidation sites excluding steroid dienone is 2. The van der Waals surface area contributed by atoms with Crippen molar-refractivity contribution in [3.05, 3.63) is 11.6 Å². The molecular weight excluding hydrogens is 284 g/mol. The van der Waals surface area contributed by atoms with E-state index in [4.69, 9.17) is 9.47 Å². The van der Waals surface area contributed by atoms with E-state index in [1.165, 1.54) is 44.1 Å². The molecule has 1 aliphatic heterocycles. The summed E-state index contributed by atoms with van der Waals surface area (Å²) in [6, 6.07) is 0. The topological polar surface area (TPSA) is 18.5 Å². The van der Waals surface area contributed by atoms with Crippen LogP contribution in [0, 0.1) is 11.8 Å². The molecule has 0 aromatic carbocycles. The number of hydrogen-bond acceptors (Lipinski definition) is 2. The molecule has 0 aromatic rings. The highest BCUT2D eigenvalue weighted by Crippen LogP contribution is 2.28. The predicted octanol–water partition coefficient (Wildman–Crippen LogP) is 6.50. The summed E-state index contributed by atoms with van der Waals surface area (Å²) >= 11 is 0. The fourth-order valence-corrected chi connectivity index (χ4v) is 3.35. The largest absolute Gasteiger partial charge is 0.348 e. The zero-order valence-corrected chi connectivity index (χ0v) is 16.5. The third-order valence-corrected chi connectivity index (χ3v) is 4.91. The van der Waals surface area contributed by atoms with Gasteiger partial charge in [0.05, 0.1) is 12.7 Å². The second kappa shape index (κ2) is 10.5. The minimum Gasteiger partial charge on any atom is -0.348 e. The quantitative estimate of drug-likeness (QED) is 0.404. The van der Waals surface area contributed by atoms with Crippen LogP contribution in [-0.2, 0) is 9.47 Å². The van der Waals surface area contributed by atoms with Crippen LogP contribution in [0.1, 0.15) is 92.9 Å². The van der Waals surface area contributed by atoms with Crippen LogP contribution in [0.2, 0.25) is 0 Å². The number of rotatable bonds is 11. The first kappa shape index (κ1) is 20.7. The number of ether oxygens (including phenoxy) is 2. The summed E-state index contributed by atoms with van der Waals surface area (Å²) in [6.07, 6.45) is 12.7. The van der Waals surface area contributed by atoms with Crippen LogP contribution in [0.5, 0.6) is 0 Å². The highest BCUT2D eigenvalue weighted by Gasteiger charge is 2.34. The molecule has 0 aromatic heterocycles. The van der Waals surface area contributed by atoms with Gasteiger partial charge in [0.15, 0.2) is 5.79 Å². The van der Waals surface area contributed by atoms with Gasteiger partial charge in [0.2, 0.25) is 0 Å². The minimum absolute atomic E-state index is 0.238. The molecule has 3 unspecified atom stereocenters. The van der Waals surface area contributed by atoms with E-state index in [9.17, 15) is 0 Å². The maximum absolute atomic E-state index is 5.85. The Labute approximate surface area is 145 Å². The standard InChI is InChI=1S/C21H40O2/c1-17(2)10-7-11-18(3)12-8-13-19(4)14-9-15-21(6)22-16-20(5)23-21/h14,17-18,20H,7-13,15-16H2,1-6H3/b19-14+. The summed E-state index contributed by atoms with van der Waals surface area (Å²) in [7, 11) is 0. The van der Waals surface area contributed by atoms with Gasteiger partial charge in [-0.05, 0) is 51.9 Å². The second-order valence-corrected chi connectivity index (χ2v) is 8.28. The predicted molar refractivity (Wildman–Crippen MR) is 99.6 cm³/mol. The van der Waals surface area contributed by atoms with Crippen LogP contribution in [-0.4, -0.2) is 18.5 Å². The Balaban J connectivity index is 2.10. The highest BCUT2D eigenvalue weighted by molar-refractivity contribution is 4.98. The van der Waals surface area contributed by atoms with Gasteiger partial charge in [-0.3, -0.25) is 0 Å². The van der Waals surface area contributed by atoms with Crippen LogP contribution < -0.4 is 0 Å². The van der Waals surface area contributed by atoms with E-state index >= 15 is 0 Å². The molecular formula is C21H40O2.